The van der Waals surface area contributed by atoms with Crippen molar-refractivity contribution in [2.45, 2.75) is 19.9 Å². The van der Waals surface area contributed by atoms with Gasteiger partial charge in [0.15, 0.2) is 0 Å². The zero-order valence-corrected chi connectivity index (χ0v) is 13.9. The molecule has 0 bridgehead atoms. The van der Waals surface area contributed by atoms with Crippen LogP contribution in [0.3, 0.4) is 0 Å². The molecule has 24 heavy (non-hydrogen) atoms. The smallest absolute Gasteiger partial charge is 0.252 e. The maximum Gasteiger partial charge on any atom is 0.252 e. The highest BCUT2D eigenvalue weighted by Crippen LogP contribution is 2.19. The van der Waals surface area contributed by atoms with Crippen molar-refractivity contribution in [2.24, 2.45) is 5.73 Å². The van der Waals surface area contributed by atoms with E-state index in [2.05, 4.69) is 31.7 Å². The van der Waals surface area contributed by atoms with Crippen LogP contribution in [-0.2, 0) is 13.0 Å². The molecule has 1 saturated heterocycles. The van der Waals surface area contributed by atoms with Crippen molar-refractivity contribution in [1.29, 1.82) is 0 Å². The highest BCUT2D eigenvalue weighted by atomic mass is 16.1. The predicted octanol–water partition coefficient (Wildman–Crippen LogP) is 0.855. The molecule has 1 amide bonds. The fourth-order valence-electron chi connectivity index (χ4n) is 2.89. The van der Waals surface area contributed by atoms with E-state index in [1.807, 2.05) is 12.3 Å². The van der Waals surface area contributed by atoms with E-state index in [0.717, 1.165) is 50.7 Å². The molecule has 2 aromatic heterocycles. The molecular weight excluding hydrogens is 304 g/mol. The van der Waals surface area contributed by atoms with Crippen LogP contribution in [0.5, 0.6) is 0 Å². The van der Waals surface area contributed by atoms with E-state index in [0.29, 0.717) is 11.4 Å². The Hall–Kier alpha value is -2.54. The maximum atomic E-state index is 11.6. The molecule has 0 radical (unpaired) electrons. The van der Waals surface area contributed by atoms with Gasteiger partial charge in [-0.05, 0) is 18.2 Å². The average molecular weight is 326 g/mol. The first kappa shape index (κ1) is 16.3. The molecule has 0 aliphatic carbocycles. The first-order valence-electron chi connectivity index (χ1n) is 8.20. The van der Waals surface area contributed by atoms with Crippen molar-refractivity contribution in [3.8, 4) is 0 Å². The largest absolute Gasteiger partial charge is 0.365 e. The van der Waals surface area contributed by atoms with Crippen molar-refractivity contribution in [3.63, 3.8) is 0 Å². The number of anilines is 1. The van der Waals surface area contributed by atoms with E-state index in [1.54, 1.807) is 18.3 Å². The van der Waals surface area contributed by atoms with Crippen LogP contribution in [0.15, 0.2) is 30.6 Å². The molecule has 7 nitrogen and oxygen atoms in total. The van der Waals surface area contributed by atoms with Gasteiger partial charge in [-0.3, -0.25) is 9.69 Å². The van der Waals surface area contributed by atoms with E-state index < -0.39 is 5.91 Å². The number of aromatic nitrogens is 3. The van der Waals surface area contributed by atoms with E-state index in [-0.39, 0.29) is 0 Å². The predicted molar refractivity (Wildman–Crippen MR) is 91.7 cm³/mol. The molecule has 7 heteroatoms. The van der Waals surface area contributed by atoms with Gasteiger partial charge in [0.2, 0.25) is 0 Å². The van der Waals surface area contributed by atoms with E-state index in [1.165, 1.54) is 0 Å². The van der Waals surface area contributed by atoms with Crippen LogP contribution in [0.2, 0.25) is 0 Å². The number of hydrogen-bond donors (Lipinski definition) is 1. The van der Waals surface area contributed by atoms with Crippen molar-refractivity contribution in [1.82, 2.24) is 19.9 Å². The molecule has 1 aliphatic heterocycles. The van der Waals surface area contributed by atoms with Gasteiger partial charge in [-0.2, -0.15) is 0 Å². The summed E-state index contributed by atoms with van der Waals surface area (Å²) in [6.07, 6.45) is 4.36. The summed E-state index contributed by atoms with van der Waals surface area (Å²) in [6.45, 7) is 6.27. The third kappa shape index (κ3) is 3.68. The second-order valence-electron chi connectivity index (χ2n) is 5.82. The minimum absolute atomic E-state index is 0.436. The fraction of sp³-hybridized carbons (Fsp3) is 0.412. The Bertz CT molecular complexity index is 712. The number of aryl methyl sites for hydroxylation is 1. The van der Waals surface area contributed by atoms with Gasteiger partial charge in [-0.15, -0.1) is 0 Å². The number of primary amides is 1. The molecule has 126 valence electrons. The zero-order valence-electron chi connectivity index (χ0n) is 13.9. The van der Waals surface area contributed by atoms with Crippen molar-refractivity contribution < 1.29 is 4.79 Å². The molecule has 0 saturated carbocycles. The third-order valence-corrected chi connectivity index (χ3v) is 4.19. The molecule has 3 rings (SSSR count). The van der Waals surface area contributed by atoms with Crippen LogP contribution in [-0.4, -0.2) is 51.9 Å². The molecule has 2 N–H and O–H groups in total. The van der Waals surface area contributed by atoms with Crippen LogP contribution in [0, 0.1) is 0 Å². The normalized spacial score (nSPS) is 15.5. The number of rotatable bonds is 5. The Morgan fingerprint density at radius 3 is 2.67 bits per heavy atom. The van der Waals surface area contributed by atoms with Crippen molar-refractivity contribution in [3.05, 3.63) is 47.7 Å². The number of nitrogens with two attached hydrogens (primary N) is 1. The SMILES string of the molecule is CCc1nccc(CN2CCN(c3ncccc3C(N)=O)CC2)n1. The average Bonchev–Trinajstić information content (AvgIpc) is 2.62. The third-order valence-electron chi connectivity index (χ3n) is 4.19. The number of carbonyl (C=O) groups is 1. The number of piperazine rings is 1. The molecule has 1 fully saturated rings. The summed E-state index contributed by atoms with van der Waals surface area (Å²) < 4.78 is 0. The molecule has 0 spiro atoms. The Labute approximate surface area is 141 Å². The molecule has 2 aromatic rings. The van der Waals surface area contributed by atoms with Gasteiger partial charge < -0.3 is 10.6 Å². The van der Waals surface area contributed by atoms with Gasteiger partial charge in [0.05, 0.1) is 11.3 Å². The maximum absolute atomic E-state index is 11.6. The lowest BCUT2D eigenvalue weighted by atomic mass is 10.2. The van der Waals surface area contributed by atoms with Crippen LogP contribution < -0.4 is 10.6 Å². The van der Waals surface area contributed by atoms with E-state index in [9.17, 15) is 4.79 Å². The Morgan fingerprint density at radius 2 is 1.96 bits per heavy atom. The first-order chi connectivity index (χ1) is 11.7. The molecular formula is C17H22N6O. The standard InChI is InChI=1S/C17H22N6O/c1-2-15-19-7-5-13(21-15)12-22-8-10-23(11-9-22)17-14(16(18)24)4-3-6-20-17/h3-7H,2,8-12H2,1H3,(H2,18,24). The lowest BCUT2D eigenvalue weighted by molar-refractivity contribution is 0.1000. The quantitative estimate of drug-likeness (QED) is 0.876. The minimum atomic E-state index is -0.436. The first-order valence-corrected chi connectivity index (χ1v) is 8.20. The summed E-state index contributed by atoms with van der Waals surface area (Å²) in [7, 11) is 0. The summed E-state index contributed by atoms with van der Waals surface area (Å²) in [4.78, 5) is 29.2. The van der Waals surface area contributed by atoms with Gasteiger partial charge in [-0.1, -0.05) is 6.92 Å². The summed E-state index contributed by atoms with van der Waals surface area (Å²) >= 11 is 0. The lowest BCUT2D eigenvalue weighted by Crippen LogP contribution is -2.47. The number of pyridine rings is 1. The van der Waals surface area contributed by atoms with E-state index in [4.69, 9.17) is 5.73 Å². The van der Waals surface area contributed by atoms with E-state index >= 15 is 0 Å². The highest BCUT2D eigenvalue weighted by Gasteiger charge is 2.21. The van der Waals surface area contributed by atoms with Crippen molar-refractivity contribution in [2.75, 3.05) is 31.1 Å². The number of carbonyl (C=O) groups excluding carboxylic acids is 1. The van der Waals surface area contributed by atoms with Crippen LogP contribution in [0.4, 0.5) is 5.82 Å². The number of hydrogen-bond acceptors (Lipinski definition) is 6. The second-order valence-corrected chi connectivity index (χ2v) is 5.82. The van der Waals surface area contributed by atoms with Crippen LogP contribution in [0.25, 0.3) is 0 Å². The van der Waals surface area contributed by atoms with Gasteiger partial charge in [0.25, 0.3) is 5.91 Å². The molecule has 3 heterocycles. The summed E-state index contributed by atoms with van der Waals surface area (Å²) in [5, 5.41) is 0. The molecule has 0 aromatic carbocycles. The van der Waals surface area contributed by atoms with Crippen LogP contribution in [0.1, 0.15) is 28.8 Å². The highest BCUT2D eigenvalue weighted by molar-refractivity contribution is 5.97. The van der Waals surface area contributed by atoms with Gasteiger partial charge in [0.1, 0.15) is 11.6 Å². The minimum Gasteiger partial charge on any atom is -0.365 e. The Balaban J connectivity index is 1.63. The summed E-state index contributed by atoms with van der Waals surface area (Å²) in [5.41, 5.74) is 6.98. The molecule has 0 unspecified atom stereocenters. The Morgan fingerprint density at radius 1 is 1.17 bits per heavy atom. The number of nitrogens with zero attached hydrogens (tertiary/aromatic N) is 5. The van der Waals surface area contributed by atoms with Crippen molar-refractivity contribution >= 4 is 11.7 Å². The van der Waals surface area contributed by atoms with Gasteiger partial charge in [0, 0.05) is 51.5 Å². The number of amides is 1. The second kappa shape index (κ2) is 7.35. The topological polar surface area (TPSA) is 88.2 Å². The molecule has 1 aliphatic rings. The van der Waals surface area contributed by atoms with Crippen LogP contribution >= 0.6 is 0 Å². The Kier molecular flexibility index (Phi) is 5.00. The lowest BCUT2D eigenvalue weighted by Gasteiger charge is -2.35. The molecule has 0 atom stereocenters. The summed E-state index contributed by atoms with van der Waals surface area (Å²) in [5.74, 6) is 1.12. The summed E-state index contributed by atoms with van der Waals surface area (Å²) in [6, 6.07) is 5.43. The fourth-order valence-corrected chi connectivity index (χ4v) is 2.89. The van der Waals surface area contributed by atoms with Gasteiger partial charge in [-0.25, -0.2) is 15.0 Å². The monoisotopic (exact) mass is 326 g/mol. The zero-order chi connectivity index (χ0) is 16.9. The van der Waals surface area contributed by atoms with Gasteiger partial charge >= 0.3 is 0 Å².